The normalized spacial score (nSPS) is 8.90. The largest absolute Gasteiger partial charge is 0.481 e. The molecular formula is C8H9NO. The quantitative estimate of drug-likeness (QED) is 0.616. The fourth-order valence-electron chi connectivity index (χ4n) is 0.729. The summed E-state index contributed by atoms with van der Waals surface area (Å²) in [5.41, 5.74) is 0.921. The van der Waals surface area contributed by atoms with Crippen LogP contribution in [-0.4, -0.2) is 12.1 Å². The minimum absolute atomic E-state index is 0.623. The van der Waals surface area contributed by atoms with E-state index in [0.717, 1.165) is 5.56 Å². The van der Waals surface area contributed by atoms with Gasteiger partial charge in [-0.15, -0.1) is 0 Å². The molecule has 0 N–H and O–H groups in total. The van der Waals surface area contributed by atoms with E-state index in [4.69, 9.17) is 4.74 Å². The minimum Gasteiger partial charge on any atom is -0.481 e. The number of ether oxygens (including phenoxy) is 1. The second-order valence-corrected chi connectivity index (χ2v) is 1.81. The summed E-state index contributed by atoms with van der Waals surface area (Å²) in [5, 5.41) is 0. The van der Waals surface area contributed by atoms with E-state index in [1.54, 1.807) is 19.4 Å². The van der Waals surface area contributed by atoms with Gasteiger partial charge in [-0.3, -0.25) is 0 Å². The van der Waals surface area contributed by atoms with Gasteiger partial charge in [0.15, 0.2) is 0 Å². The molecule has 0 aliphatic rings. The Hall–Kier alpha value is -1.31. The van der Waals surface area contributed by atoms with E-state index in [9.17, 15) is 0 Å². The van der Waals surface area contributed by atoms with E-state index >= 15 is 0 Å². The van der Waals surface area contributed by atoms with Gasteiger partial charge in [-0.2, -0.15) is 0 Å². The molecule has 0 aliphatic heterocycles. The lowest BCUT2D eigenvalue weighted by molar-refractivity contribution is 0.397. The van der Waals surface area contributed by atoms with E-state index in [2.05, 4.69) is 11.6 Å². The van der Waals surface area contributed by atoms with Crippen LogP contribution in [0.5, 0.6) is 5.88 Å². The number of hydrogen-bond acceptors (Lipinski definition) is 2. The maximum atomic E-state index is 4.95. The Morgan fingerprint density at radius 2 is 2.50 bits per heavy atom. The summed E-state index contributed by atoms with van der Waals surface area (Å²) in [6.45, 7) is 3.62. The standard InChI is InChI=1S/C8H9NO/c1-3-7-5-4-6-9-8(7)10-2/h3-6H,1H2,2H3. The van der Waals surface area contributed by atoms with E-state index in [1.807, 2.05) is 12.1 Å². The Morgan fingerprint density at radius 3 is 3.00 bits per heavy atom. The van der Waals surface area contributed by atoms with Gasteiger partial charge in [0.05, 0.1) is 7.11 Å². The average molecular weight is 135 g/mol. The van der Waals surface area contributed by atoms with Crippen molar-refractivity contribution >= 4 is 6.08 Å². The number of aromatic nitrogens is 1. The van der Waals surface area contributed by atoms with Crippen molar-refractivity contribution in [2.75, 3.05) is 7.11 Å². The second-order valence-electron chi connectivity index (χ2n) is 1.81. The molecule has 0 radical (unpaired) electrons. The highest BCUT2D eigenvalue weighted by Gasteiger charge is 1.95. The zero-order valence-corrected chi connectivity index (χ0v) is 5.87. The first kappa shape index (κ1) is 6.81. The van der Waals surface area contributed by atoms with Crippen LogP contribution in [0.3, 0.4) is 0 Å². The number of rotatable bonds is 2. The van der Waals surface area contributed by atoms with Gasteiger partial charge in [0.25, 0.3) is 0 Å². The third-order valence-corrected chi connectivity index (χ3v) is 1.21. The Balaban J connectivity index is 3.08. The molecule has 0 aliphatic carbocycles. The van der Waals surface area contributed by atoms with Crippen LogP contribution in [0.15, 0.2) is 24.9 Å². The summed E-state index contributed by atoms with van der Waals surface area (Å²) in [4.78, 5) is 3.97. The van der Waals surface area contributed by atoms with Gasteiger partial charge in [0.2, 0.25) is 5.88 Å². The number of methoxy groups -OCH3 is 1. The molecule has 0 atom stereocenters. The van der Waals surface area contributed by atoms with Crippen LogP contribution in [0.2, 0.25) is 0 Å². The molecule has 0 aromatic carbocycles. The molecule has 10 heavy (non-hydrogen) atoms. The van der Waals surface area contributed by atoms with E-state index in [-0.39, 0.29) is 0 Å². The van der Waals surface area contributed by atoms with Gasteiger partial charge in [0.1, 0.15) is 0 Å². The Labute approximate surface area is 60.2 Å². The zero-order chi connectivity index (χ0) is 7.40. The lowest BCUT2D eigenvalue weighted by Gasteiger charge is -1.99. The third kappa shape index (κ3) is 1.16. The van der Waals surface area contributed by atoms with Crippen molar-refractivity contribution in [3.8, 4) is 5.88 Å². The third-order valence-electron chi connectivity index (χ3n) is 1.21. The molecule has 0 saturated carbocycles. The first-order valence-corrected chi connectivity index (χ1v) is 3.00. The molecule has 52 valence electrons. The fourth-order valence-corrected chi connectivity index (χ4v) is 0.729. The van der Waals surface area contributed by atoms with Gasteiger partial charge in [-0.1, -0.05) is 12.7 Å². The van der Waals surface area contributed by atoms with E-state index in [0.29, 0.717) is 5.88 Å². The van der Waals surface area contributed by atoms with Crippen molar-refractivity contribution in [3.63, 3.8) is 0 Å². The summed E-state index contributed by atoms with van der Waals surface area (Å²) >= 11 is 0. The lowest BCUT2D eigenvalue weighted by Crippen LogP contribution is -1.88. The molecule has 0 bridgehead atoms. The van der Waals surface area contributed by atoms with Crippen LogP contribution >= 0.6 is 0 Å². The van der Waals surface area contributed by atoms with Gasteiger partial charge in [-0.25, -0.2) is 4.98 Å². The van der Waals surface area contributed by atoms with Gasteiger partial charge in [-0.05, 0) is 12.1 Å². The van der Waals surface area contributed by atoms with Gasteiger partial charge >= 0.3 is 0 Å². The summed E-state index contributed by atoms with van der Waals surface area (Å²) in [6.07, 6.45) is 3.40. The summed E-state index contributed by atoms with van der Waals surface area (Å²) in [6, 6.07) is 3.75. The van der Waals surface area contributed by atoms with E-state index < -0.39 is 0 Å². The Bertz CT molecular complexity index is 232. The molecule has 0 unspecified atom stereocenters. The number of pyridine rings is 1. The molecule has 2 heteroatoms. The van der Waals surface area contributed by atoms with Crippen LogP contribution in [0.4, 0.5) is 0 Å². The van der Waals surface area contributed by atoms with Crippen molar-refractivity contribution in [3.05, 3.63) is 30.5 Å². The van der Waals surface area contributed by atoms with Crippen molar-refractivity contribution in [1.29, 1.82) is 0 Å². The zero-order valence-electron chi connectivity index (χ0n) is 5.87. The maximum Gasteiger partial charge on any atom is 0.220 e. The van der Waals surface area contributed by atoms with Crippen LogP contribution in [0.25, 0.3) is 6.08 Å². The van der Waals surface area contributed by atoms with Crippen LogP contribution in [0, 0.1) is 0 Å². The van der Waals surface area contributed by atoms with Crippen LogP contribution < -0.4 is 4.74 Å². The summed E-state index contributed by atoms with van der Waals surface area (Å²) < 4.78 is 4.95. The average Bonchev–Trinajstić information content (AvgIpc) is 2.04. The molecule has 1 aromatic rings. The smallest absolute Gasteiger partial charge is 0.220 e. The maximum absolute atomic E-state index is 4.95. The summed E-state index contributed by atoms with van der Waals surface area (Å²) in [5.74, 6) is 0.623. The molecule has 1 heterocycles. The highest BCUT2D eigenvalue weighted by atomic mass is 16.5. The number of nitrogens with zero attached hydrogens (tertiary/aromatic N) is 1. The highest BCUT2D eigenvalue weighted by molar-refractivity contribution is 5.52. The molecular weight excluding hydrogens is 126 g/mol. The van der Waals surface area contributed by atoms with E-state index in [1.165, 1.54) is 0 Å². The van der Waals surface area contributed by atoms with Crippen LogP contribution in [0.1, 0.15) is 5.56 Å². The predicted molar refractivity (Wildman–Crippen MR) is 40.9 cm³/mol. The fraction of sp³-hybridized carbons (Fsp3) is 0.125. The van der Waals surface area contributed by atoms with Crippen molar-refractivity contribution < 1.29 is 4.74 Å². The van der Waals surface area contributed by atoms with Gasteiger partial charge in [0, 0.05) is 11.8 Å². The Morgan fingerprint density at radius 1 is 1.70 bits per heavy atom. The molecule has 0 amide bonds. The molecule has 1 rings (SSSR count). The topological polar surface area (TPSA) is 22.1 Å². The first-order chi connectivity index (χ1) is 4.88. The predicted octanol–water partition coefficient (Wildman–Crippen LogP) is 1.73. The van der Waals surface area contributed by atoms with Crippen molar-refractivity contribution in [2.45, 2.75) is 0 Å². The molecule has 0 fully saturated rings. The molecule has 0 spiro atoms. The first-order valence-electron chi connectivity index (χ1n) is 3.00. The minimum atomic E-state index is 0.623. The van der Waals surface area contributed by atoms with Crippen molar-refractivity contribution in [1.82, 2.24) is 4.98 Å². The highest BCUT2D eigenvalue weighted by Crippen LogP contribution is 2.13. The molecule has 1 aromatic heterocycles. The second kappa shape index (κ2) is 3.01. The molecule has 2 nitrogen and oxygen atoms in total. The lowest BCUT2D eigenvalue weighted by atomic mass is 10.3. The van der Waals surface area contributed by atoms with Gasteiger partial charge < -0.3 is 4.74 Å². The monoisotopic (exact) mass is 135 g/mol. The SMILES string of the molecule is C=Cc1cccnc1OC. The molecule has 0 saturated heterocycles. The Kier molecular flexibility index (Phi) is 2.05. The van der Waals surface area contributed by atoms with Crippen molar-refractivity contribution in [2.24, 2.45) is 0 Å². The number of hydrogen-bond donors (Lipinski definition) is 0. The summed E-state index contributed by atoms with van der Waals surface area (Å²) in [7, 11) is 1.59. The van der Waals surface area contributed by atoms with Crippen LogP contribution in [-0.2, 0) is 0 Å².